The van der Waals surface area contributed by atoms with E-state index >= 15 is 0 Å². The fraction of sp³-hybridized carbons (Fsp3) is 0.286. The van der Waals surface area contributed by atoms with E-state index < -0.39 is 0 Å². The number of hydrogen-bond donors (Lipinski definition) is 1. The SMILES string of the molecule is CC(C)CCn1cc(-c2ccc[n+]([O-])c2-c2ccc3c(c2)C(=O)NC3)cn1. The molecule has 1 N–H and O–H groups in total. The molecule has 0 fully saturated rings. The Kier molecular flexibility index (Phi) is 4.39. The van der Waals surface area contributed by atoms with Crippen LogP contribution in [0.3, 0.4) is 0 Å². The summed E-state index contributed by atoms with van der Waals surface area (Å²) in [5.74, 6) is 0.509. The van der Waals surface area contributed by atoms with E-state index in [1.807, 2.05) is 29.1 Å². The lowest BCUT2D eigenvalue weighted by Crippen LogP contribution is -2.29. The lowest BCUT2D eigenvalue weighted by atomic mass is 9.98. The van der Waals surface area contributed by atoms with Gasteiger partial charge in [-0.25, -0.2) is 0 Å². The average Bonchev–Trinajstić information content (AvgIpc) is 3.27. The Morgan fingerprint density at radius 2 is 2.11 bits per heavy atom. The van der Waals surface area contributed by atoms with Crippen LogP contribution in [0, 0.1) is 11.1 Å². The van der Waals surface area contributed by atoms with Crippen LogP contribution >= 0.6 is 0 Å². The average molecular weight is 362 g/mol. The van der Waals surface area contributed by atoms with Gasteiger partial charge >= 0.3 is 0 Å². The first-order chi connectivity index (χ1) is 13.0. The van der Waals surface area contributed by atoms with Crippen LogP contribution in [0.2, 0.25) is 0 Å². The third-order valence-corrected chi connectivity index (χ3v) is 4.91. The molecule has 0 saturated heterocycles. The molecule has 3 heterocycles. The summed E-state index contributed by atoms with van der Waals surface area (Å²) < 4.78 is 2.77. The topological polar surface area (TPSA) is 73.9 Å². The largest absolute Gasteiger partial charge is 0.618 e. The smallest absolute Gasteiger partial charge is 0.251 e. The Hall–Kier alpha value is -3.15. The fourth-order valence-electron chi connectivity index (χ4n) is 3.38. The molecule has 138 valence electrons. The van der Waals surface area contributed by atoms with Crippen molar-refractivity contribution in [2.45, 2.75) is 33.4 Å². The van der Waals surface area contributed by atoms with Gasteiger partial charge in [-0.2, -0.15) is 9.83 Å². The molecule has 0 bridgehead atoms. The van der Waals surface area contributed by atoms with Crippen molar-refractivity contribution in [1.29, 1.82) is 0 Å². The Bertz CT molecular complexity index is 1010. The van der Waals surface area contributed by atoms with Gasteiger partial charge in [0.25, 0.3) is 5.91 Å². The fourth-order valence-corrected chi connectivity index (χ4v) is 3.38. The molecule has 2 aromatic heterocycles. The molecule has 0 aliphatic carbocycles. The van der Waals surface area contributed by atoms with Gasteiger partial charge in [-0.1, -0.05) is 19.9 Å². The molecular weight excluding hydrogens is 340 g/mol. The van der Waals surface area contributed by atoms with Crippen molar-refractivity contribution < 1.29 is 9.52 Å². The van der Waals surface area contributed by atoms with Gasteiger partial charge in [0, 0.05) is 42.0 Å². The molecule has 1 aliphatic rings. The quantitative estimate of drug-likeness (QED) is 0.560. The number of carbonyl (C=O) groups is 1. The normalized spacial score (nSPS) is 13.1. The van der Waals surface area contributed by atoms with E-state index in [4.69, 9.17) is 0 Å². The van der Waals surface area contributed by atoms with Crippen LogP contribution < -0.4 is 10.0 Å². The number of carbonyl (C=O) groups excluding carboxylic acids is 1. The van der Waals surface area contributed by atoms with E-state index in [1.54, 1.807) is 18.3 Å². The van der Waals surface area contributed by atoms with Gasteiger partial charge in [-0.15, -0.1) is 0 Å². The maximum Gasteiger partial charge on any atom is 0.251 e. The summed E-state index contributed by atoms with van der Waals surface area (Å²) in [4.78, 5) is 12.0. The van der Waals surface area contributed by atoms with Crippen molar-refractivity contribution in [2.75, 3.05) is 0 Å². The summed E-state index contributed by atoms with van der Waals surface area (Å²) in [7, 11) is 0. The summed E-state index contributed by atoms with van der Waals surface area (Å²) >= 11 is 0. The number of amides is 1. The molecule has 1 aromatic carbocycles. The standard InChI is InChI=1S/C21H22N4O2/c1-14(2)7-9-24-13-17(12-23-24)18-4-3-8-25(27)20(18)15-5-6-16-11-22-21(26)19(16)10-15/h3-6,8,10,12-14H,7,9,11H2,1-2H3,(H,22,26). The maximum absolute atomic E-state index is 12.6. The first kappa shape index (κ1) is 17.3. The lowest BCUT2D eigenvalue weighted by molar-refractivity contribution is -0.593. The summed E-state index contributed by atoms with van der Waals surface area (Å²) in [6, 6.07) is 9.26. The van der Waals surface area contributed by atoms with Crippen molar-refractivity contribution in [1.82, 2.24) is 15.1 Å². The van der Waals surface area contributed by atoms with E-state index in [0.717, 1.165) is 39.9 Å². The molecule has 4 rings (SSSR count). The highest BCUT2D eigenvalue weighted by atomic mass is 16.5. The van der Waals surface area contributed by atoms with Gasteiger partial charge in [0.1, 0.15) is 0 Å². The number of nitrogens with one attached hydrogen (secondary N) is 1. The number of pyridine rings is 1. The first-order valence-corrected chi connectivity index (χ1v) is 9.19. The predicted molar refractivity (Wildman–Crippen MR) is 103 cm³/mol. The predicted octanol–water partition coefficient (Wildman–Crippen LogP) is 3.14. The van der Waals surface area contributed by atoms with Crippen molar-refractivity contribution in [3.8, 4) is 22.4 Å². The Labute approximate surface area is 158 Å². The zero-order valence-corrected chi connectivity index (χ0v) is 15.5. The van der Waals surface area contributed by atoms with Gasteiger partial charge in [0.2, 0.25) is 5.69 Å². The van der Waals surface area contributed by atoms with Gasteiger partial charge in [-0.05, 0) is 36.1 Å². The number of nitrogens with zero attached hydrogens (tertiary/aromatic N) is 3. The molecule has 0 spiro atoms. The molecule has 0 atom stereocenters. The van der Waals surface area contributed by atoms with Crippen LogP contribution in [0.5, 0.6) is 0 Å². The van der Waals surface area contributed by atoms with E-state index in [-0.39, 0.29) is 5.91 Å². The third-order valence-electron chi connectivity index (χ3n) is 4.91. The lowest BCUT2D eigenvalue weighted by Gasteiger charge is -2.10. The molecule has 1 aliphatic heterocycles. The molecule has 0 unspecified atom stereocenters. The van der Waals surface area contributed by atoms with Crippen molar-refractivity contribution in [3.05, 3.63) is 65.3 Å². The number of fused-ring (bicyclic) bond motifs is 1. The number of aromatic nitrogens is 3. The molecule has 0 radical (unpaired) electrons. The van der Waals surface area contributed by atoms with Crippen molar-refractivity contribution >= 4 is 5.91 Å². The van der Waals surface area contributed by atoms with E-state index in [2.05, 4.69) is 24.3 Å². The molecule has 1 amide bonds. The van der Waals surface area contributed by atoms with Crippen LogP contribution in [-0.2, 0) is 13.1 Å². The second-order valence-electron chi connectivity index (χ2n) is 7.33. The highest BCUT2D eigenvalue weighted by molar-refractivity contribution is 5.99. The van der Waals surface area contributed by atoms with Crippen molar-refractivity contribution in [2.24, 2.45) is 5.92 Å². The summed E-state index contributed by atoms with van der Waals surface area (Å²) in [6.07, 6.45) is 6.29. The maximum atomic E-state index is 12.6. The number of benzene rings is 1. The van der Waals surface area contributed by atoms with Crippen LogP contribution in [0.1, 0.15) is 36.2 Å². The number of hydrogen-bond acceptors (Lipinski definition) is 3. The van der Waals surface area contributed by atoms with Crippen LogP contribution in [-0.4, -0.2) is 15.7 Å². The first-order valence-electron chi connectivity index (χ1n) is 9.19. The number of aryl methyl sites for hydroxylation is 1. The molecule has 27 heavy (non-hydrogen) atoms. The molecule has 6 nitrogen and oxygen atoms in total. The van der Waals surface area contributed by atoms with Gasteiger partial charge in [0.05, 0.1) is 11.8 Å². The molecule has 3 aromatic rings. The minimum atomic E-state index is -0.0942. The highest BCUT2D eigenvalue weighted by Gasteiger charge is 2.23. The Morgan fingerprint density at radius 3 is 2.93 bits per heavy atom. The second-order valence-corrected chi connectivity index (χ2v) is 7.33. The van der Waals surface area contributed by atoms with E-state index in [9.17, 15) is 10.0 Å². The Balaban J connectivity index is 1.75. The van der Waals surface area contributed by atoms with Crippen molar-refractivity contribution in [3.63, 3.8) is 0 Å². The molecule has 0 saturated carbocycles. The van der Waals surface area contributed by atoms with E-state index in [0.29, 0.717) is 23.7 Å². The van der Waals surface area contributed by atoms with E-state index in [1.165, 1.54) is 6.20 Å². The van der Waals surface area contributed by atoms with Gasteiger partial charge in [-0.3, -0.25) is 9.48 Å². The minimum absolute atomic E-state index is 0.0942. The minimum Gasteiger partial charge on any atom is -0.618 e. The van der Waals surface area contributed by atoms with Gasteiger partial charge in [0.15, 0.2) is 6.20 Å². The highest BCUT2D eigenvalue weighted by Crippen LogP contribution is 2.31. The van der Waals surface area contributed by atoms with Gasteiger partial charge < -0.3 is 10.5 Å². The Morgan fingerprint density at radius 1 is 1.26 bits per heavy atom. The zero-order chi connectivity index (χ0) is 19.0. The molecular formula is C21H22N4O2. The zero-order valence-electron chi connectivity index (χ0n) is 15.5. The van der Waals surface area contributed by atoms with Crippen LogP contribution in [0.4, 0.5) is 0 Å². The third kappa shape index (κ3) is 3.30. The monoisotopic (exact) mass is 362 g/mol. The second kappa shape index (κ2) is 6.87. The van der Waals surface area contributed by atoms with Crippen LogP contribution in [0.25, 0.3) is 22.4 Å². The summed E-state index contributed by atoms with van der Waals surface area (Å²) in [6.45, 7) is 5.75. The number of rotatable bonds is 5. The molecule has 6 heteroatoms. The van der Waals surface area contributed by atoms with Crippen LogP contribution in [0.15, 0.2) is 48.9 Å². The summed E-state index contributed by atoms with van der Waals surface area (Å²) in [5.41, 5.74) is 4.55. The summed E-state index contributed by atoms with van der Waals surface area (Å²) in [5, 5.41) is 19.9.